The number of thiophene rings is 1. The SMILES string of the molecule is Cc1cccc(C(=O)N2CC(=O)Nc3ccc(C)cc3C2c2cccs2)c1. The molecule has 1 aliphatic rings. The van der Waals surface area contributed by atoms with Crippen molar-refractivity contribution in [2.45, 2.75) is 19.9 Å². The van der Waals surface area contributed by atoms with E-state index in [4.69, 9.17) is 0 Å². The summed E-state index contributed by atoms with van der Waals surface area (Å²) in [7, 11) is 0. The zero-order valence-electron chi connectivity index (χ0n) is 15.2. The molecule has 2 amide bonds. The first-order valence-corrected chi connectivity index (χ1v) is 9.72. The minimum absolute atomic E-state index is 0.0169. The van der Waals surface area contributed by atoms with Gasteiger partial charge in [-0.05, 0) is 43.5 Å². The molecule has 1 aliphatic heterocycles. The van der Waals surface area contributed by atoms with E-state index in [2.05, 4.69) is 11.4 Å². The van der Waals surface area contributed by atoms with Crippen LogP contribution in [-0.2, 0) is 4.79 Å². The van der Waals surface area contributed by atoms with Gasteiger partial charge in [-0.3, -0.25) is 9.59 Å². The Morgan fingerprint density at radius 1 is 1.07 bits per heavy atom. The van der Waals surface area contributed by atoms with Crippen molar-refractivity contribution >= 4 is 28.8 Å². The largest absolute Gasteiger partial charge is 0.324 e. The molecule has 0 saturated heterocycles. The lowest BCUT2D eigenvalue weighted by atomic mass is 9.99. The Morgan fingerprint density at radius 3 is 2.63 bits per heavy atom. The molecular weight excluding hydrogens is 356 g/mol. The average molecular weight is 376 g/mol. The summed E-state index contributed by atoms with van der Waals surface area (Å²) in [6, 6.07) is 17.2. The van der Waals surface area contributed by atoms with E-state index in [0.717, 1.165) is 27.3 Å². The van der Waals surface area contributed by atoms with Gasteiger partial charge >= 0.3 is 0 Å². The first-order valence-electron chi connectivity index (χ1n) is 8.84. The smallest absolute Gasteiger partial charge is 0.255 e. The summed E-state index contributed by atoms with van der Waals surface area (Å²) in [5.74, 6) is -0.318. The number of amides is 2. The van der Waals surface area contributed by atoms with Crippen LogP contribution in [-0.4, -0.2) is 23.3 Å². The molecule has 27 heavy (non-hydrogen) atoms. The average Bonchev–Trinajstić information content (AvgIpc) is 3.12. The molecule has 0 bridgehead atoms. The predicted molar refractivity (Wildman–Crippen MR) is 108 cm³/mol. The van der Waals surface area contributed by atoms with Gasteiger partial charge in [0.1, 0.15) is 6.54 Å². The van der Waals surface area contributed by atoms with Crippen LogP contribution >= 0.6 is 11.3 Å². The van der Waals surface area contributed by atoms with Gasteiger partial charge in [-0.15, -0.1) is 11.3 Å². The summed E-state index contributed by atoms with van der Waals surface area (Å²) in [6.07, 6.45) is 0. The van der Waals surface area contributed by atoms with Crippen molar-refractivity contribution in [3.05, 3.63) is 87.1 Å². The van der Waals surface area contributed by atoms with Crippen LogP contribution in [0.2, 0.25) is 0 Å². The lowest BCUT2D eigenvalue weighted by Crippen LogP contribution is -2.38. The zero-order valence-corrected chi connectivity index (χ0v) is 16.0. The first-order chi connectivity index (χ1) is 13.0. The maximum absolute atomic E-state index is 13.4. The van der Waals surface area contributed by atoms with Crippen LogP contribution in [0.4, 0.5) is 5.69 Å². The molecule has 0 saturated carbocycles. The summed E-state index contributed by atoms with van der Waals surface area (Å²) in [4.78, 5) is 28.7. The van der Waals surface area contributed by atoms with Gasteiger partial charge in [0.15, 0.2) is 0 Å². The summed E-state index contributed by atoms with van der Waals surface area (Å²) >= 11 is 1.60. The van der Waals surface area contributed by atoms with Crippen LogP contribution in [0.1, 0.15) is 38.0 Å². The van der Waals surface area contributed by atoms with E-state index >= 15 is 0 Å². The molecule has 2 aromatic carbocycles. The number of fused-ring (bicyclic) bond motifs is 1. The minimum Gasteiger partial charge on any atom is -0.324 e. The highest BCUT2D eigenvalue weighted by Crippen LogP contribution is 2.38. The second-order valence-electron chi connectivity index (χ2n) is 6.86. The molecule has 0 radical (unpaired) electrons. The van der Waals surface area contributed by atoms with E-state index in [9.17, 15) is 9.59 Å². The molecule has 1 aromatic heterocycles. The third-order valence-corrected chi connectivity index (χ3v) is 5.66. The third-order valence-electron chi connectivity index (χ3n) is 4.74. The van der Waals surface area contributed by atoms with Gasteiger partial charge in [0, 0.05) is 21.7 Å². The zero-order chi connectivity index (χ0) is 19.0. The molecule has 0 aliphatic carbocycles. The Balaban J connectivity index is 1.88. The van der Waals surface area contributed by atoms with E-state index in [-0.39, 0.29) is 24.4 Å². The second-order valence-corrected chi connectivity index (χ2v) is 7.84. The van der Waals surface area contributed by atoms with Crippen LogP contribution in [0.15, 0.2) is 60.0 Å². The van der Waals surface area contributed by atoms with Crippen molar-refractivity contribution in [3.63, 3.8) is 0 Å². The molecule has 0 spiro atoms. The van der Waals surface area contributed by atoms with E-state index in [1.165, 1.54) is 0 Å². The van der Waals surface area contributed by atoms with Gasteiger partial charge in [0.05, 0.1) is 6.04 Å². The van der Waals surface area contributed by atoms with Gasteiger partial charge < -0.3 is 10.2 Å². The Morgan fingerprint density at radius 2 is 1.89 bits per heavy atom. The number of carbonyl (C=O) groups excluding carboxylic acids is 2. The molecule has 3 aromatic rings. The maximum atomic E-state index is 13.4. The van der Waals surface area contributed by atoms with E-state index in [1.807, 2.05) is 61.7 Å². The molecule has 4 nitrogen and oxygen atoms in total. The quantitative estimate of drug-likeness (QED) is 0.713. The highest BCUT2D eigenvalue weighted by atomic mass is 32.1. The van der Waals surface area contributed by atoms with Crippen LogP contribution < -0.4 is 5.32 Å². The Bertz CT molecular complexity index is 1010. The number of rotatable bonds is 2. The number of nitrogens with zero attached hydrogens (tertiary/aromatic N) is 1. The molecule has 2 heterocycles. The molecule has 1 unspecified atom stereocenters. The third kappa shape index (κ3) is 3.38. The van der Waals surface area contributed by atoms with Gasteiger partial charge in [-0.1, -0.05) is 41.5 Å². The van der Waals surface area contributed by atoms with Crippen molar-refractivity contribution in [1.82, 2.24) is 4.90 Å². The minimum atomic E-state index is -0.299. The normalized spacial score (nSPS) is 16.4. The predicted octanol–water partition coefficient (Wildman–Crippen LogP) is 4.55. The van der Waals surface area contributed by atoms with Crippen molar-refractivity contribution in [1.29, 1.82) is 0 Å². The standard InChI is InChI=1S/C22H20N2O2S/c1-14-5-3-6-16(11-14)22(26)24-13-20(25)23-18-9-8-15(2)12-17(18)21(24)19-7-4-10-27-19/h3-12,21H,13H2,1-2H3,(H,23,25). The molecule has 1 atom stereocenters. The topological polar surface area (TPSA) is 49.4 Å². The monoisotopic (exact) mass is 376 g/mol. The Hall–Kier alpha value is -2.92. The molecule has 0 fully saturated rings. The fourth-order valence-electron chi connectivity index (χ4n) is 3.51. The van der Waals surface area contributed by atoms with Crippen LogP contribution in [0.5, 0.6) is 0 Å². The lowest BCUT2D eigenvalue weighted by molar-refractivity contribution is -0.117. The van der Waals surface area contributed by atoms with Crippen molar-refractivity contribution in [2.24, 2.45) is 0 Å². The number of anilines is 1. The number of aryl methyl sites for hydroxylation is 2. The van der Waals surface area contributed by atoms with Crippen molar-refractivity contribution in [2.75, 3.05) is 11.9 Å². The van der Waals surface area contributed by atoms with Crippen LogP contribution in [0, 0.1) is 13.8 Å². The summed E-state index contributed by atoms with van der Waals surface area (Å²) < 4.78 is 0. The molecule has 1 N–H and O–H groups in total. The molecular formula is C22H20N2O2S. The van der Waals surface area contributed by atoms with E-state index < -0.39 is 0 Å². The number of benzene rings is 2. The molecule has 4 rings (SSSR count). The summed E-state index contributed by atoms with van der Waals surface area (Å²) in [5.41, 5.74) is 4.42. The van der Waals surface area contributed by atoms with Crippen LogP contribution in [0.25, 0.3) is 0 Å². The fourth-order valence-corrected chi connectivity index (χ4v) is 4.37. The van der Waals surface area contributed by atoms with Gasteiger partial charge in [0.25, 0.3) is 5.91 Å². The number of nitrogens with one attached hydrogen (secondary N) is 1. The highest BCUT2D eigenvalue weighted by molar-refractivity contribution is 7.10. The molecule has 5 heteroatoms. The lowest BCUT2D eigenvalue weighted by Gasteiger charge is -2.29. The number of hydrogen-bond acceptors (Lipinski definition) is 3. The number of carbonyl (C=O) groups is 2. The van der Waals surface area contributed by atoms with Crippen molar-refractivity contribution in [3.8, 4) is 0 Å². The van der Waals surface area contributed by atoms with E-state index in [0.29, 0.717) is 5.56 Å². The van der Waals surface area contributed by atoms with E-state index in [1.54, 1.807) is 22.3 Å². The summed E-state index contributed by atoms with van der Waals surface area (Å²) in [6.45, 7) is 4.00. The Kier molecular flexibility index (Phi) is 4.54. The van der Waals surface area contributed by atoms with Gasteiger partial charge in [-0.2, -0.15) is 0 Å². The molecule has 136 valence electrons. The summed E-state index contributed by atoms with van der Waals surface area (Å²) in [5, 5.41) is 4.96. The first kappa shape index (κ1) is 17.5. The Labute approximate surface area is 162 Å². The van der Waals surface area contributed by atoms with Crippen LogP contribution in [0.3, 0.4) is 0 Å². The maximum Gasteiger partial charge on any atom is 0.255 e. The van der Waals surface area contributed by atoms with Gasteiger partial charge in [-0.25, -0.2) is 0 Å². The van der Waals surface area contributed by atoms with Gasteiger partial charge in [0.2, 0.25) is 5.91 Å². The highest BCUT2D eigenvalue weighted by Gasteiger charge is 2.34. The fraction of sp³-hybridized carbons (Fsp3) is 0.182. The van der Waals surface area contributed by atoms with Crippen molar-refractivity contribution < 1.29 is 9.59 Å². The second kappa shape index (κ2) is 7.00. The number of hydrogen-bond donors (Lipinski definition) is 1.